The number of hydrogen-bond donors (Lipinski definition) is 3. The summed E-state index contributed by atoms with van der Waals surface area (Å²) in [5, 5.41) is 18.0. The van der Waals surface area contributed by atoms with Gasteiger partial charge >= 0.3 is 11.9 Å². The van der Waals surface area contributed by atoms with E-state index in [0.29, 0.717) is 12.2 Å². The molecule has 9 heteroatoms. The zero-order valence-corrected chi connectivity index (χ0v) is 23.1. The fourth-order valence-electron chi connectivity index (χ4n) is 5.39. The number of nitrogens with zero attached hydrogens (tertiary/aromatic N) is 3. The Labute approximate surface area is 242 Å². The van der Waals surface area contributed by atoms with Gasteiger partial charge in [-0.1, -0.05) is 36.4 Å². The van der Waals surface area contributed by atoms with Gasteiger partial charge in [-0.2, -0.15) is 0 Å². The van der Waals surface area contributed by atoms with Crippen LogP contribution in [0.3, 0.4) is 0 Å². The summed E-state index contributed by atoms with van der Waals surface area (Å²) in [4.78, 5) is 27.4. The highest BCUT2D eigenvalue weighted by atomic mass is 19.1. The molecule has 3 aromatic carbocycles. The molecule has 1 aliphatic rings. The van der Waals surface area contributed by atoms with Crippen molar-refractivity contribution in [3.63, 3.8) is 0 Å². The number of rotatable bonds is 8. The highest BCUT2D eigenvalue weighted by Gasteiger charge is 2.20. The number of benzene rings is 3. The van der Waals surface area contributed by atoms with Crippen LogP contribution in [0.25, 0.3) is 21.8 Å². The van der Waals surface area contributed by atoms with Gasteiger partial charge in [0.2, 0.25) is 0 Å². The largest absolute Gasteiger partial charge is 0.478 e. The fraction of sp³-hybridized carbons (Fsp3) is 0.212. The molecule has 216 valence electrons. The number of aliphatic carboxylic acids is 2. The maximum Gasteiger partial charge on any atom is 0.328 e. The van der Waals surface area contributed by atoms with Crippen molar-refractivity contribution < 1.29 is 24.2 Å². The summed E-state index contributed by atoms with van der Waals surface area (Å²) in [6.45, 7) is 6.00. The summed E-state index contributed by atoms with van der Waals surface area (Å²) in [7, 11) is 0. The number of aromatic amines is 1. The smallest absolute Gasteiger partial charge is 0.328 e. The maximum atomic E-state index is 13.7. The van der Waals surface area contributed by atoms with E-state index in [4.69, 9.17) is 10.2 Å². The Balaban J connectivity index is 0.000000390. The van der Waals surface area contributed by atoms with Crippen molar-refractivity contribution in [3.8, 4) is 0 Å². The normalized spacial score (nSPS) is 13.9. The lowest BCUT2D eigenvalue weighted by atomic mass is 10.1. The number of halogens is 1. The molecule has 0 aliphatic carbocycles. The van der Waals surface area contributed by atoms with Gasteiger partial charge in [-0.25, -0.2) is 14.0 Å². The minimum atomic E-state index is -1.26. The van der Waals surface area contributed by atoms with Crippen LogP contribution in [0.4, 0.5) is 10.1 Å². The molecule has 0 saturated carbocycles. The Bertz CT molecular complexity index is 1690. The first-order valence-corrected chi connectivity index (χ1v) is 13.9. The van der Waals surface area contributed by atoms with Crippen LogP contribution in [0.1, 0.15) is 11.1 Å². The van der Waals surface area contributed by atoms with Crippen LogP contribution >= 0.6 is 0 Å². The van der Waals surface area contributed by atoms with Crippen LogP contribution in [0.15, 0.2) is 97.3 Å². The minimum Gasteiger partial charge on any atom is -0.478 e. The molecule has 8 nitrogen and oxygen atoms in total. The fourth-order valence-corrected chi connectivity index (χ4v) is 5.39. The molecular formula is C33H33FN4O4. The van der Waals surface area contributed by atoms with Gasteiger partial charge in [-0.05, 0) is 53.9 Å². The molecule has 0 atom stereocenters. The van der Waals surface area contributed by atoms with Gasteiger partial charge in [0.25, 0.3) is 0 Å². The molecule has 2 aromatic heterocycles. The van der Waals surface area contributed by atoms with Crippen molar-refractivity contribution in [2.45, 2.75) is 13.0 Å². The zero-order valence-electron chi connectivity index (χ0n) is 23.1. The van der Waals surface area contributed by atoms with E-state index in [9.17, 15) is 14.0 Å². The lowest BCUT2D eigenvalue weighted by Crippen LogP contribution is -2.47. The van der Waals surface area contributed by atoms with Crippen molar-refractivity contribution in [2.24, 2.45) is 0 Å². The second-order valence-electron chi connectivity index (χ2n) is 10.2. The number of hydrogen-bond acceptors (Lipinski definition) is 4. The molecule has 1 saturated heterocycles. The third kappa shape index (κ3) is 7.05. The number of carboxylic acid groups (broad SMARTS) is 2. The summed E-state index contributed by atoms with van der Waals surface area (Å²) in [6.07, 6.45) is 6.29. The van der Waals surface area contributed by atoms with Crippen LogP contribution in [0, 0.1) is 5.82 Å². The van der Waals surface area contributed by atoms with Crippen LogP contribution in [-0.2, 0) is 22.6 Å². The number of aromatic nitrogens is 2. The van der Waals surface area contributed by atoms with E-state index in [1.807, 2.05) is 12.3 Å². The Morgan fingerprint density at radius 1 is 0.857 bits per heavy atom. The quantitative estimate of drug-likeness (QED) is 0.217. The van der Waals surface area contributed by atoms with Crippen LogP contribution in [0.5, 0.6) is 0 Å². The molecule has 3 N–H and O–H groups in total. The monoisotopic (exact) mass is 568 g/mol. The number of nitrogens with one attached hydrogen (secondary N) is 1. The van der Waals surface area contributed by atoms with Crippen molar-refractivity contribution in [2.75, 3.05) is 37.6 Å². The summed E-state index contributed by atoms with van der Waals surface area (Å²) < 4.78 is 16.0. The SMILES string of the molecule is Fc1ccc2[nH]cc(CCN3CCN(c4cccc5c4ccn5Cc4ccccc4)CC3)c2c1.O=C(O)/C=C/C(=O)O. The van der Waals surface area contributed by atoms with Crippen LogP contribution < -0.4 is 4.90 Å². The number of piperazine rings is 1. The zero-order chi connectivity index (χ0) is 29.5. The molecule has 0 amide bonds. The van der Waals surface area contributed by atoms with Gasteiger partial charge in [0.1, 0.15) is 5.82 Å². The molecule has 6 rings (SSSR count). The van der Waals surface area contributed by atoms with Gasteiger partial charge in [0, 0.05) is 85.8 Å². The van der Waals surface area contributed by atoms with Crippen LogP contribution in [-0.4, -0.2) is 69.3 Å². The topological polar surface area (TPSA) is 102 Å². The van der Waals surface area contributed by atoms with Crippen molar-refractivity contribution in [1.82, 2.24) is 14.5 Å². The lowest BCUT2D eigenvalue weighted by molar-refractivity contribution is -0.134. The van der Waals surface area contributed by atoms with Crippen molar-refractivity contribution in [3.05, 3.63) is 114 Å². The number of fused-ring (bicyclic) bond motifs is 2. The highest BCUT2D eigenvalue weighted by Crippen LogP contribution is 2.29. The van der Waals surface area contributed by atoms with Gasteiger partial charge in [0.15, 0.2) is 0 Å². The molecule has 0 bridgehead atoms. The van der Waals surface area contributed by atoms with Gasteiger partial charge in [-0.15, -0.1) is 0 Å². The van der Waals surface area contributed by atoms with E-state index >= 15 is 0 Å². The van der Waals surface area contributed by atoms with Gasteiger partial charge in [-0.3, -0.25) is 4.90 Å². The molecule has 0 spiro atoms. The number of anilines is 1. The molecule has 1 fully saturated rings. The van der Waals surface area contributed by atoms with E-state index in [-0.39, 0.29) is 5.82 Å². The van der Waals surface area contributed by atoms with Gasteiger partial charge < -0.3 is 24.7 Å². The molecule has 5 aromatic rings. The summed E-state index contributed by atoms with van der Waals surface area (Å²) >= 11 is 0. The number of carboxylic acids is 2. The molecule has 0 radical (unpaired) electrons. The first kappa shape index (κ1) is 28.6. The molecule has 0 unspecified atom stereocenters. The number of carbonyl (C=O) groups is 2. The predicted molar refractivity (Wildman–Crippen MR) is 163 cm³/mol. The Morgan fingerprint density at radius 3 is 2.31 bits per heavy atom. The second-order valence-corrected chi connectivity index (χ2v) is 10.2. The van der Waals surface area contributed by atoms with E-state index in [1.54, 1.807) is 6.07 Å². The third-order valence-electron chi connectivity index (χ3n) is 7.49. The Morgan fingerprint density at radius 2 is 1.60 bits per heavy atom. The van der Waals surface area contributed by atoms with Crippen molar-refractivity contribution in [1.29, 1.82) is 0 Å². The predicted octanol–water partition coefficient (Wildman–Crippen LogP) is 5.39. The standard InChI is InChI=1S/C29H29FN4.C4H4O4/c30-24-9-10-27-26(19-24)23(20-31-27)11-13-32-15-17-33(18-16-32)28-7-4-8-29-25(28)12-14-34(29)21-22-5-2-1-3-6-22;5-3(6)1-2-4(7)8/h1-10,12,14,19-20,31H,11,13,15-18,21H2;1-2H,(H,5,6)(H,7,8)/b;2-1+. The maximum absolute atomic E-state index is 13.7. The second kappa shape index (κ2) is 13.2. The van der Waals surface area contributed by atoms with E-state index in [0.717, 1.165) is 56.6 Å². The van der Waals surface area contributed by atoms with E-state index < -0.39 is 11.9 Å². The molecule has 1 aliphatic heterocycles. The summed E-state index contributed by atoms with van der Waals surface area (Å²) in [5.41, 5.74) is 6.14. The summed E-state index contributed by atoms with van der Waals surface area (Å²) in [6, 6.07) is 24.5. The summed E-state index contributed by atoms with van der Waals surface area (Å²) in [5.74, 6) is -2.69. The lowest BCUT2D eigenvalue weighted by Gasteiger charge is -2.36. The average Bonchev–Trinajstić information content (AvgIpc) is 3.60. The number of H-pyrrole nitrogens is 1. The first-order valence-electron chi connectivity index (χ1n) is 13.9. The average molecular weight is 569 g/mol. The Kier molecular flexibility index (Phi) is 8.99. The Hall–Kier alpha value is -4.89. The minimum absolute atomic E-state index is 0.172. The van der Waals surface area contributed by atoms with E-state index in [1.165, 1.54) is 33.8 Å². The third-order valence-corrected chi connectivity index (χ3v) is 7.49. The molecule has 42 heavy (non-hydrogen) atoms. The molecular weight excluding hydrogens is 535 g/mol. The first-order chi connectivity index (χ1) is 20.4. The highest BCUT2D eigenvalue weighted by molar-refractivity contribution is 5.93. The molecule has 3 heterocycles. The van der Waals surface area contributed by atoms with Crippen LogP contribution in [0.2, 0.25) is 0 Å². The van der Waals surface area contributed by atoms with E-state index in [2.05, 4.69) is 80.1 Å². The van der Waals surface area contributed by atoms with Gasteiger partial charge in [0.05, 0.1) is 5.52 Å². The van der Waals surface area contributed by atoms with Crippen molar-refractivity contribution >= 4 is 39.4 Å².